The summed E-state index contributed by atoms with van der Waals surface area (Å²) in [4.78, 5) is 2.54. The minimum atomic E-state index is 0.499. The number of rotatable bonds is 4. The Morgan fingerprint density at radius 1 is 1.29 bits per heavy atom. The van der Waals surface area contributed by atoms with Gasteiger partial charge in [-0.1, -0.05) is 0 Å². The number of nitrogens with zero attached hydrogens (tertiary/aromatic N) is 1. The van der Waals surface area contributed by atoms with Crippen molar-refractivity contribution in [2.45, 2.75) is 19.3 Å². The van der Waals surface area contributed by atoms with Crippen LogP contribution in [0, 0.1) is 5.41 Å². The topological polar surface area (TPSA) is 21.7 Å². The van der Waals surface area contributed by atoms with Gasteiger partial charge in [-0.2, -0.15) is 0 Å². The van der Waals surface area contributed by atoms with E-state index in [1.807, 2.05) is 7.11 Å². The summed E-state index contributed by atoms with van der Waals surface area (Å²) in [6.07, 6.45) is 3.87. The van der Waals surface area contributed by atoms with Crippen molar-refractivity contribution in [2.75, 3.05) is 46.6 Å². The predicted octanol–water partition coefficient (Wildman–Crippen LogP) is 1.14. The molecule has 0 radical (unpaired) electrons. The van der Waals surface area contributed by atoms with Gasteiger partial charge in [0.05, 0.1) is 13.2 Å². The summed E-state index contributed by atoms with van der Waals surface area (Å²) in [7, 11) is 1.81. The lowest BCUT2D eigenvalue weighted by atomic mass is 10.1. The molecule has 1 aliphatic heterocycles. The highest BCUT2D eigenvalue weighted by atomic mass is 16.5. The highest BCUT2D eigenvalue weighted by Gasteiger charge is 2.43. The molecule has 1 heterocycles. The Labute approximate surface area is 86.4 Å². The minimum Gasteiger partial charge on any atom is -0.384 e. The Balaban J connectivity index is 1.77. The molecule has 2 rings (SSSR count). The lowest BCUT2D eigenvalue weighted by Gasteiger charge is -2.24. The van der Waals surface area contributed by atoms with Gasteiger partial charge in [-0.25, -0.2) is 0 Å². The summed E-state index contributed by atoms with van der Waals surface area (Å²) < 4.78 is 10.7. The van der Waals surface area contributed by atoms with E-state index in [2.05, 4.69) is 4.90 Å². The zero-order valence-corrected chi connectivity index (χ0v) is 9.13. The number of ether oxygens (including phenoxy) is 2. The number of hydrogen-bond acceptors (Lipinski definition) is 3. The molecule has 0 N–H and O–H groups in total. The van der Waals surface area contributed by atoms with Crippen LogP contribution in [-0.2, 0) is 9.47 Å². The third kappa shape index (κ3) is 2.69. The zero-order valence-electron chi connectivity index (χ0n) is 9.13. The molecule has 0 spiro atoms. The van der Waals surface area contributed by atoms with Crippen molar-refractivity contribution in [3.05, 3.63) is 0 Å². The predicted molar refractivity (Wildman–Crippen MR) is 55.4 cm³/mol. The van der Waals surface area contributed by atoms with Gasteiger partial charge in [-0.05, 0) is 19.3 Å². The normalized spacial score (nSPS) is 27.2. The largest absolute Gasteiger partial charge is 0.384 e. The zero-order chi connectivity index (χ0) is 9.86. The van der Waals surface area contributed by atoms with Crippen LogP contribution in [0.5, 0.6) is 0 Å². The molecule has 0 aromatic carbocycles. The molecule has 2 fully saturated rings. The molecule has 0 aromatic rings. The van der Waals surface area contributed by atoms with E-state index in [4.69, 9.17) is 9.47 Å². The third-order valence-electron chi connectivity index (χ3n) is 3.28. The fourth-order valence-electron chi connectivity index (χ4n) is 2.26. The van der Waals surface area contributed by atoms with Crippen LogP contribution < -0.4 is 0 Å². The third-order valence-corrected chi connectivity index (χ3v) is 3.28. The van der Waals surface area contributed by atoms with Crippen LogP contribution in [0.2, 0.25) is 0 Å². The van der Waals surface area contributed by atoms with E-state index in [1.54, 1.807) is 0 Å². The molecule has 0 aromatic heterocycles. The Hall–Kier alpha value is -0.120. The average molecular weight is 199 g/mol. The monoisotopic (exact) mass is 199 g/mol. The fourth-order valence-corrected chi connectivity index (χ4v) is 2.26. The summed E-state index contributed by atoms with van der Waals surface area (Å²) in [6, 6.07) is 0. The molecule has 3 heteroatoms. The van der Waals surface area contributed by atoms with E-state index in [0.29, 0.717) is 5.41 Å². The first-order chi connectivity index (χ1) is 6.85. The van der Waals surface area contributed by atoms with Crippen molar-refractivity contribution in [1.29, 1.82) is 0 Å². The van der Waals surface area contributed by atoms with Gasteiger partial charge >= 0.3 is 0 Å². The van der Waals surface area contributed by atoms with Crippen molar-refractivity contribution in [2.24, 2.45) is 5.41 Å². The minimum absolute atomic E-state index is 0.499. The standard InChI is InChI=1S/C11H21NO2/c1-13-10-11(3-4-11)9-12-5-2-7-14-8-6-12/h2-10H2,1H3. The Morgan fingerprint density at radius 2 is 2.14 bits per heavy atom. The molecule has 0 amide bonds. The molecule has 0 atom stereocenters. The van der Waals surface area contributed by atoms with Crippen LogP contribution in [0.15, 0.2) is 0 Å². The molecule has 3 nitrogen and oxygen atoms in total. The lowest BCUT2D eigenvalue weighted by molar-refractivity contribution is 0.102. The first-order valence-corrected chi connectivity index (χ1v) is 5.64. The van der Waals surface area contributed by atoms with E-state index in [9.17, 15) is 0 Å². The maximum atomic E-state index is 5.45. The molecule has 1 aliphatic carbocycles. The van der Waals surface area contributed by atoms with Crippen LogP contribution in [0.25, 0.3) is 0 Å². The maximum absolute atomic E-state index is 5.45. The van der Waals surface area contributed by atoms with Crippen molar-refractivity contribution < 1.29 is 9.47 Å². The highest BCUT2D eigenvalue weighted by molar-refractivity contribution is 4.95. The Bertz CT molecular complexity index is 172. The van der Waals surface area contributed by atoms with Crippen molar-refractivity contribution >= 4 is 0 Å². The van der Waals surface area contributed by atoms with Gasteiger partial charge in [0.1, 0.15) is 0 Å². The van der Waals surface area contributed by atoms with Gasteiger partial charge in [0.15, 0.2) is 0 Å². The van der Waals surface area contributed by atoms with Gasteiger partial charge < -0.3 is 14.4 Å². The fraction of sp³-hybridized carbons (Fsp3) is 1.00. The summed E-state index contributed by atoms with van der Waals surface area (Å²) in [6.45, 7) is 6.29. The quantitative estimate of drug-likeness (QED) is 0.677. The van der Waals surface area contributed by atoms with Gasteiger partial charge in [-0.15, -0.1) is 0 Å². The second kappa shape index (κ2) is 4.60. The maximum Gasteiger partial charge on any atom is 0.0593 e. The van der Waals surface area contributed by atoms with Gasteiger partial charge in [-0.3, -0.25) is 0 Å². The van der Waals surface area contributed by atoms with E-state index in [-0.39, 0.29) is 0 Å². The Kier molecular flexibility index (Phi) is 3.42. The van der Waals surface area contributed by atoms with Crippen molar-refractivity contribution in [3.63, 3.8) is 0 Å². The van der Waals surface area contributed by atoms with Gasteiger partial charge in [0.25, 0.3) is 0 Å². The molecule has 14 heavy (non-hydrogen) atoms. The van der Waals surface area contributed by atoms with E-state index in [0.717, 1.165) is 26.4 Å². The van der Waals surface area contributed by atoms with Crippen molar-refractivity contribution in [1.82, 2.24) is 4.90 Å². The highest BCUT2D eigenvalue weighted by Crippen LogP contribution is 2.46. The molecule has 0 bridgehead atoms. The summed E-state index contributed by atoms with van der Waals surface area (Å²) in [5.41, 5.74) is 0.499. The smallest absolute Gasteiger partial charge is 0.0593 e. The van der Waals surface area contributed by atoms with Crippen LogP contribution in [-0.4, -0.2) is 51.5 Å². The molecule has 2 aliphatic rings. The lowest BCUT2D eigenvalue weighted by Crippen LogP contribution is -2.34. The Morgan fingerprint density at radius 3 is 2.86 bits per heavy atom. The second-order valence-corrected chi connectivity index (χ2v) is 4.68. The van der Waals surface area contributed by atoms with Gasteiger partial charge in [0.2, 0.25) is 0 Å². The summed E-state index contributed by atoms with van der Waals surface area (Å²) >= 11 is 0. The van der Waals surface area contributed by atoms with Crippen LogP contribution in [0.4, 0.5) is 0 Å². The molecule has 0 unspecified atom stereocenters. The molecule has 1 saturated heterocycles. The number of methoxy groups -OCH3 is 1. The van der Waals surface area contributed by atoms with E-state index < -0.39 is 0 Å². The summed E-state index contributed by atoms with van der Waals surface area (Å²) in [5.74, 6) is 0. The molecule has 82 valence electrons. The van der Waals surface area contributed by atoms with Crippen LogP contribution in [0.1, 0.15) is 19.3 Å². The SMILES string of the molecule is COCC1(CN2CCCOCC2)CC1. The van der Waals surface area contributed by atoms with Crippen LogP contribution in [0.3, 0.4) is 0 Å². The first kappa shape index (κ1) is 10.4. The van der Waals surface area contributed by atoms with Crippen molar-refractivity contribution in [3.8, 4) is 0 Å². The van der Waals surface area contributed by atoms with Crippen LogP contribution >= 0.6 is 0 Å². The first-order valence-electron chi connectivity index (χ1n) is 5.64. The van der Waals surface area contributed by atoms with E-state index in [1.165, 1.54) is 32.4 Å². The number of hydrogen-bond donors (Lipinski definition) is 0. The average Bonchev–Trinajstić information content (AvgIpc) is 2.93. The second-order valence-electron chi connectivity index (χ2n) is 4.68. The molecular weight excluding hydrogens is 178 g/mol. The molecular formula is C11H21NO2. The summed E-state index contributed by atoms with van der Waals surface area (Å²) in [5, 5.41) is 0. The molecule has 1 saturated carbocycles. The van der Waals surface area contributed by atoms with Gasteiger partial charge in [0, 0.05) is 38.8 Å². The van der Waals surface area contributed by atoms with E-state index >= 15 is 0 Å².